The third-order valence-corrected chi connectivity index (χ3v) is 23.3. The van der Waals surface area contributed by atoms with Crippen LogP contribution in [0.15, 0.2) is 141 Å². The number of carbonyl (C=O) groups is 9. The Bertz CT molecular complexity index is 5170. The summed E-state index contributed by atoms with van der Waals surface area (Å²) in [6.45, 7) is 7.96. The van der Waals surface area contributed by atoms with E-state index in [1.807, 2.05) is 150 Å². The van der Waals surface area contributed by atoms with Gasteiger partial charge >= 0.3 is 36.0 Å². The van der Waals surface area contributed by atoms with Crippen molar-refractivity contribution in [3.05, 3.63) is 158 Å². The molecule has 3 aliphatic carbocycles. The van der Waals surface area contributed by atoms with Gasteiger partial charge in [-0.2, -0.15) is 0 Å². The Balaban J connectivity index is 0.000000135. The Morgan fingerprint density at radius 3 is 1.03 bits per heavy atom. The molecule has 12 unspecified atom stereocenters. The van der Waals surface area contributed by atoms with E-state index in [4.69, 9.17) is 28.4 Å². The number of hydrogen-bond acceptors (Lipinski definition) is 24. The molecule has 12 heterocycles. The van der Waals surface area contributed by atoms with Gasteiger partial charge in [0.15, 0.2) is 69.8 Å². The summed E-state index contributed by atoms with van der Waals surface area (Å²) in [6.07, 6.45) is 15.1. The Kier molecular flexibility index (Phi) is 24.4. The van der Waals surface area contributed by atoms with E-state index in [1.165, 1.54) is 33.7 Å². The molecule has 0 bridgehead atoms. The number of imidazole rings is 3. The summed E-state index contributed by atoms with van der Waals surface area (Å²) < 4.78 is 43.6. The van der Waals surface area contributed by atoms with Gasteiger partial charge in [0.25, 0.3) is 0 Å². The molecule has 9 amide bonds. The number of benzene rings is 3. The SMILES string of the molecule is CCNC(=O)Nc1ncnc2c1ncn2C1CC(C(=O)N2CCC[C@@H]2C(=O)O)C2O[C@H](/C=C/c3ccccc3)OC21.CCNC(=O)Nc1ncnc2c1ncn2C1CC(C(=O)N2CCC[C@@H]2C(=O)O)C2O[C@H](c3ccccc3)OC21.CCNC(=O)Nc1ncnc2c1ncn2C1CC(C(=O)N2CCC[C@H]2C(=O)O)C2O[C@H](/C=C/c3ccccc3)OC21. The molecule has 9 aromatic rings. The number of fused-ring (bicyclic) bond motifs is 6. The Labute approximate surface area is 691 Å². The lowest BCUT2D eigenvalue weighted by Crippen LogP contribution is -2.46. The molecule has 6 saturated heterocycles. The summed E-state index contributed by atoms with van der Waals surface area (Å²) in [7, 11) is 0. The number of anilines is 3. The van der Waals surface area contributed by atoms with Crippen LogP contribution < -0.4 is 31.9 Å². The average Bonchev–Trinajstić information content (AvgIpc) is 1.59. The van der Waals surface area contributed by atoms with Crippen LogP contribution in [0, 0.1) is 17.8 Å². The first-order chi connectivity index (χ1) is 58.8. The van der Waals surface area contributed by atoms with Crippen molar-refractivity contribution in [2.45, 2.75) is 170 Å². The number of aliphatic carboxylic acids is 3. The highest BCUT2D eigenvalue weighted by molar-refractivity contribution is 5.98. The van der Waals surface area contributed by atoms with Crippen LogP contribution in [0.3, 0.4) is 0 Å². The summed E-state index contributed by atoms with van der Waals surface area (Å²) in [5.74, 6) is -4.81. The van der Waals surface area contributed by atoms with Gasteiger partial charge in [-0.3, -0.25) is 30.3 Å². The highest BCUT2D eigenvalue weighted by Gasteiger charge is 2.60. The number of aromatic nitrogens is 12. The van der Waals surface area contributed by atoms with Crippen molar-refractivity contribution in [1.82, 2.24) is 89.2 Å². The molecular weight excluding hydrogens is 1570 g/mol. The fraction of sp³-hybridized carbons (Fsp3) is 0.439. The lowest BCUT2D eigenvalue weighted by atomic mass is 10.0. The minimum absolute atomic E-state index is 0.243. The number of carboxylic acid groups (broad SMARTS) is 3. The van der Waals surface area contributed by atoms with Crippen LogP contribution in [0.1, 0.15) is 120 Å². The molecule has 0 radical (unpaired) electrons. The van der Waals surface area contributed by atoms with Gasteiger partial charge in [0.2, 0.25) is 17.7 Å². The van der Waals surface area contributed by atoms with Crippen LogP contribution in [0.25, 0.3) is 45.6 Å². The van der Waals surface area contributed by atoms with Crippen molar-refractivity contribution in [3.63, 3.8) is 0 Å². The molecule has 121 heavy (non-hydrogen) atoms. The van der Waals surface area contributed by atoms with Gasteiger partial charge in [0.1, 0.15) is 73.7 Å². The molecule has 39 nitrogen and oxygen atoms in total. The molecule has 3 saturated carbocycles. The summed E-state index contributed by atoms with van der Waals surface area (Å²) in [4.78, 5) is 157. The first kappa shape index (κ1) is 81.9. The molecule has 0 spiro atoms. The van der Waals surface area contributed by atoms with Crippen molar-refractivity contribution >= 4 is 117 Å². The second kappa shape index (κ2) is 36.0. The van der Waals surface area contributed by atoms with Crippen molar-refractivity contribution in [3.8, 4) is 0 Å². The summed E-state index contributed by atoms with van der Waals surface area (Å²) >= 11 is 0. The van der Waals surface area contributed by atoms with Crippen molar-refractivity contribution < 1.29 is 86.9 Å². The third kappa shape index (κ3) is 16.9. The monoisotopic (exact) mass is 1660 g/mol. The van der Waals surface area contributed by atoms with Gasteiger partial charge in [0.05, 0.1) is 54.9 Å². The molecule has 9 fully saturated rings. The van der Waals surface area contributed by atoms with E-state index in [0.29, 0.717) is 131 Å². The Morgan fingerprint density at radius 2 is 0.702 bits per heavy atom. The van der Waals surface area contributed by atoms with Gasteiger partial charge in [-0.05, 0) is 102 Å². The zero-order chi connectivity index (χ0) is 84.1. The second-order valence-electron chi connectivity index (χ2n) is 30.5. The number of amides is 9. The zero-order valence-corrected chi connectivity index (χ0v) is 66.1. The summed E-state index contributed by atoms with van der Waals surface area (Å²) in [5, 5.41) is 45.2. The second-order valence-corrected chi connectivity index (χ2v) is 30.5. The van der Waals surface area contributed by atoms with Crippen LogP contribution in [0.2, 0.25) is 0 Å². The fourth-order valence-electron chi connectivity index (χ4n) is 17.9. The number of nitrogens with zero attached hydrogens (tertiary/aromatic N) is 15. The van der Waals surface area contributed by atoms with Gasteiger partial charge in [-0.15, -0.1) is 0 Å². The van der Waals surface area contributed by atoms with Crippen LogP contribution in [0.5, 0.6) is 0 Å². The van der Waals surface area contributed by atoms with Gasteiger partial charge in [0, 0.05) is 44.8 Å². The Morgan fingerprint density at radius 1 is 0.397 bits per heavy atom. The van der Waals surface area contributed by atoms with Crippen LogP contribution >= 0.6 is 0 Å². The number of hydrogen-bond donors (Lipinski definition) is 9. The number of likely N-dealkylation sites (tertiary alicyclic amines) is 3. The fourth-order valence-corrected chi connectivity index (χ4v) is 17.9. The van der Waals surface area contributed by atoms with E-state index in [9.17, 15) is 58.5 Å². The van der Waals surface area contributed by atoms with Crippen LogP contribution in [0.4, 0.5) is 31.8 Å². The molecule has 632 valence electrons. The van der Waals surface area contributed by atoms with Crippen molar-refractivity contribution in [2.24, 2.45) is 17.8 Å². The average molecular weight is 1660 g/mol. The van der Waals surface area contributed by atoms with Crippen LogP contribution in [-0.2, 0) is 57.2 Å². The summed E-state index contributed by atoms with van der Waals surface area (Å²) in [5.41, 5.74) is 5.40. The number of ether oxygens (including phenoxy) is 6. The molecule has 9 aliphatic rings. The van der Waals surface area contributed by atoms with E-state index in [2.05, 4.69) is 76.8 Å². The normalized spacial score (nSPS) is 27.6. The molecule has 39 heteroatoms. The predicted octanol–water partition coefficient (Wildman–Crippen LogP) is 6.94. The molecule has 6 aliphatic heterocycles. The van der Waals surface area contributed by atoms with E-state index in [1.54, 1.807) is 19.0 Å². The first-order valence-corrected chi connectivity index (χ1v) is 40.6. The van der Waals surface area contributed by atoms with E-state index < -0.39 is 127 Å². The van der Waals surface area contributed by atoms with Crippen molar-refractivity contribution in [1.29, 1.82) is 0 Å². The molecular formula is C82H91N21O18. The Hall–Kier alpha value is -12.8. The lowest BCUT2D eigenvalue weighted by Gasteiger charge is -2.27. The minimum atomic E-state index is -1.00. The molecule has 18 atom stereocenters. The smallest absolute Gasteiger partial charge is 0.326 e. The number of carbonyl (C=O) groups excluding carboxylic acids is 6. The van der Waals surface area contributed by atoms with Crippen LogP contribution in [-0.4, -0.2) is 249 Å². The first-order valence-electron chi connectivity index (χ1n) is 40.6. The molecule has 3 aromatic carbocycles. The largest absolute Gasteiger partial charge is 0.480 e. The maximum Gasteiger partial charge on any atom is 0.326 e. The maximum absolute atomic E-state index is 13.8. The molecule has 18 rings (SSSR count). The number of carboxylic acids is 3. The van der Waals surface area contributed by atoms with Gasteiger partial charge < -0.3 is 88.1 Å². The quantitative estimate of drug-likeness (QED) is 0.0373. The predicted molar refractivity (Wildman–Crippen MR) is 430 cm³/mol. The molecule has 9 N–H and O–H groups in total. The lowest BCUT2D eigenvalue weighted by molar-refractivity contribution is -0.152. The number of urea groups is 3. The number of rotatable bonds is 20. The van der Waals surface area contributed by atoms with Gasteiger partial charge in [-0.1, -0.05) is 103 Å². The van der Waals surface area contributed by atoms with E-state index in [0.717, 1.165) is 16.7 Å². The maximum atomic E-state index is 13.8. The van der Waals surface area contributed by atoms with Gasteiger partial charge in [-0.25, -0.2) is 73.6 Å². The highest BCUT2D eigenvalue weighted by atomic mass is 16.7. The topological polar surface area (TPSA) is 482 Å². The highest BCUT2D eigenvalue weighted by Crippen LogP contribution is 2.52. The van der Waals surface area contributed by atoms with E-state index in [-0.39, 0.29) is 53.3 Å². The summed E-state index contributed by atoms with van der Waals surface area (Å²) in [6, 6.07) is 24.0. The standard InChI is InChI=1S/2C28H31N7O6.C26H29N7O6/c2*1-2-29-28(39)33-24-21-25(31-14-30-24)35(15-32-21)19-13-17(26(36)34-12-6-9-18(34)27(37)38)22-23(19)41-20(40-22)11-10-16-7-4-3-5-8-16;1-2-27-26(37)31-21-18-22(29-12-28-21)33(13-30-18)17-11-15(23(34)32-10-6-9-16(32)24(35)36)19-20(17)39-25(38-19)14-7-4-3-5-8-14/h2*3-5,7-8,10-11,14-15,17-20,22-23H,2,6,9,12-13H2,1H3,(H,37,38)(H2,29,30,31,33,39);3-5,7-8,12-13,15-17,19-20,25H,2,6,9-11H2,1H3,(H,35,36)(H2,27,28,29,31,37)/b2*11-10+;/t17?,18-,19?,20+,22?,23?;17?,18-,19?,20-,22?,23?;15?,16-,17?,19?,20?,25+/m101/s1. The van der Waals surface area contributed by atoms with Crippen molar-refractivity contribution in [2.75, 3.05) is 55.2 Å². The zero-order valence-electron chi connectivity index (χ0n) is 66.1. The number of nitrogens with one attached hydrogen (secondary N) is 6. The molecule has 6 aromatic heterocycles. The van der Waals surface area contributed by atoms with E-state index >= 15 is 0 Å². The minimum Gasteiger partial charge on any atom is -0.480 e. The third-order valence-electron chi connectivity index (χ3n) is 23.3.